The molecule has 0 saturated heterocycles. The van der Waals surface area contributed by atoms with Crippen molar-refractivity contribution in [2.45, 2.75) is 19.4 Å². The van der Waals surface area contributed by atoms with E-state index in [0.717, 1.165) is 21.9 Å². The molecule has 3 aromatic rings. The summed E-state index contributed by atoms with van der Waals surface area (Å²) < 4.78 is 16.4. The fraction of sp³-hybridized carbons (Fsp3) is 0.286. The van der Waals surface area contributed by atoms with Gasteiger partial charge in [-0.15, -0.1) is 0 Å². The fourth-order valence-corrected chi connectivity index (χ4v) is 2.39. The molecule has 0 spiro atoms. The van der Waals surface area contributed by atoms with Gasteiger partial charge in [0.1, 0.15) is 5.58 Å². The molecule has 1 unspecified atom stereocenters. The minimum atomic E-state index is -0.440. The molecule has 0 bridgehead atoms. The lowest BCUT2D eigenvalue weighted by atomic mass is 10.0. The summed E-state index contributed by atoms with van der Waals surface area (Å²) in [5, 5.41) is 11.4. The Hall–Kier alpha value is -1.94. The number of hydrogen-bond donors (Lipinski definition) is 1. The normalized spacial score (nSPS) is 13.3. The summed E-state index contributed by atoms with van der Waals surface area (Å²) in [6.07, 6.45) is 3.32. The fourth-order valence-electron chi connectivity index (χ4n) is 2.39. The molecule has 0 amide bonds. The van der Waals surface area contributed by atoms with Crippen LogP contribution in [0, 0.1) is 0 Å². The van der Waals surface area contributed by atoms with Gasteiger partial charge in [-0.05, 0) is 19.1 Å². The van der Waals surface area contributed by atoms with Crippen LogP contribution in [0.4, 0.5) is 0 Å². The van der Waals surface area contributed by atoms with E-state index in [1.54, 1.807) is 26.6 Å². The van der Waals surface area contributed by atoms with E-state index < -0.39 is 6.10 Å². The molecule has 4 heteroatoms. The van der Waals surface area contributed by atoms with Crippen LogP contribution in [0.2, 0.25) is 0 Å². The Morgan fingerprint density at radius 1 is 1.17 bits per heavy atom. The highest BCUT2D eigenvalue weighted by Gasteiger charge is 2.19. The van der Waals surface area contributed by atoms with Gasteiger partial charge in [-0.3, -0.25) is 0 Å². The van der Waals surface area contributed by atoms with Crippen molar-refractivity contribution >= 4 is 21.9 Å². The molecule has 0 aliphatic carbocycles. The number of benzene rings is 1. The van der Waals surface area contributed by atoms with Gasteiger partial charge in [0.15, 0.2) is 11.3 Å². The average Bonchev–Trinajstić information content (AvgIpc) is 2.96. The summed E-state index contributed by atoms with van der Waals surface area (Å²) in [5.41, 5.74) is 2.40. The molecule has 3 rings (SSSR count). The molecule has 2 heterocycles. The number of hydrogen-bond acceptors (Lipinski definition) is 4. The van der Waals surface area contributed by atoms with E-state index in [9.17, 15) is 5.11 Å². The van der Waals surface area contributed by atoms with Gasteiger partial charge in [-0.1, -0.05) is 0 Å². The number of aliphatic hydroxyl groups is 1. The topological polar surface area (TPSA) is 55.7 Å². The maximum absolute atomic E-state index is 9.62. The van der Waals surface area contributed by atoms with E-state index in [-0.39, 0.29) is 0 Å². The first-order valence-electron chi connectivity index (χ1n) is 5.83. The van der Waals surface area contributed by atoms with Crippen LogP contribution in [0.25, 0.3) is 21.9 Å². The Balaban J connectivity index is 2.42. The highest BCUT2D eigenvalue weighted by molar-refractivity contribution is 6.04. The number of fused-ring (bicyclic) bond motifs is 2. The molecule has 1 N–H and O–H groups in total. The monoisotopic (exact) mass is 246 g/mol. The number of aliphatic hydroxyl groups excluding tert-OH is 1. The van der Waals surface area contributed by atoms with Crippen LogP contribution in [0.1, 0.15) is 12.5 Å². The predicted molar refractivity (Wildman–Crippen MR) is 67.9 cm³/mol. The third-order valence-corrected chi connectivity index (χ3v) is 3.08. The number of methoxy groups -OCH3 is 1. The van der Waals surface area contributed by atoms with E-state index in [1.807, 2.05) is 12.1 Å². The average molecular weight is 246 g/mol. The van der Waals surface area contributed by atoms with Crippen LogP contribution in [-0.2, 0) is 6.42 Å². The van der Waals surface area contributed by atoms with Crippen molar-refractivity contribution < 1.29 is 18.7 Å². The van der Waals surface area contributed by atoms with Crippen molar-refractivity contribution in [3.05, 3.63) is 30.2 Å². The zero-order chi connectivity index (χ0) is 12.7. The Morgan fingerprint density at radius 3 is 2.50 bits per heavy atom. The second-order valence-corrected chi connectivity index (χ2v) is 4.39. The van der Waals surface area contributed by atoms with E-state index in [1.165, 1.54) is 0 Å². The van der Waals surface area contributed by atoms with E-state index in [0.29, 0.717) is 17.8 Å². The first-order chi connectivity index (χ1) is 8.72. The maximum atomic E-state index is 9.62. The molecule has 0 saturated carbocycles. The molecule has 0 aliphatic rings. The van der Waals surface area contributed by atoms with Gasteiger partial charge in [-0.25, -0.2) is 0 Å². The minimum absolute atomic E-state index is 0.440. The van der Waals surface area contributed by atoms with E-state index in [4.69, 9.17) is 13.6 Å². The van der Waals surface area contributed by atoms with Gasteiger partial charge in [0.2, 0.25) is 0 Å². The third kappa shape index (κ3) is 1.49. The van der Waals surface area contributed by atoms with Crippen LogP contribution in [0.3, 0.4) is 0 Å². The zero-order valence-electron chi connectivity index (χ0n) is 10.3. The van der Waals surface area contributed by atoms with Crippen LogP contribution >= 0.6 is 0 Å². The molecule has 18 heavy (non-hydrogen) atoms. The largest absolute Gasteiger partial charge is 0.492 e. The van der Waals surface area contributed by atoms with Gasteiger partial charge < -0.3 is 18.7 Å². The molecular weight excluding hydrogens is 232 g/mol. The quantitative estimate of drug-likeness (QED) is 0.771. The lowest BCUT2D eigenvalue weighted by Gasteiger charge is -2.09. The van der Waals surface area contributed by atoms with Gasteiger partial charge in [0, 0.05) is 17.4 Å². The van der Waals surface area contributed by atoms with E-state index in [2.05, 4.69) is 0 Å². The van der Waals surface area contributed by atoms with E-state index >= 15 is 0 Å². The highest BCUT2D eigenvalue weighted by atomic mass is 16.5. The van der Waals surface area contributed by atoms with Crippen molar-refractivity contribution in [3.8, 4) is 5.75 Å². The summed E-state index contributed by atoms with van der Waals surface area (Å²) in [6, 6.07) is 3.72. The van der Waals surface area contributed by atoms with Crippen LogP contribution in [-0.4, -0.2) is 18.3 Å². The van der Waals surface area contributed by atoms with Gasteiger partial charge in [-0.2, -0.15) is 0 Å². The number of ether oxygens (including phenoxy) is 1. The van der Waals surface area contributed by atoms with Crippen molar-refractivity contribution in [2.24, 2.45) is 0 Å². The molecule has 0 fully saturated rings. The summed E-state index contributed by atoms with van der Waals surface area (Å²) in [5.74, 6) is 0.674. The van der Waals surface area contributed by atoms with Crippen molar-refractivity contribution in [1.82, 2.24) is 0 Å². The van der Waals surface area contributed by atoms with Crippen molar-refractivity contribution in [1.29, 1.82) is 0 Å². The second kappa shape index (κ2) is 4.07. The summed E-state index contributed by atoms with van der Waals surface area (Å²) in [4.78, 5) is 0. The first-order valence-corrected chi connectivity index (χ1v) is 5.83. The van der Waals surface area contributed by atoms with Crippen molar-refractivity contribution in [3.63, 3.8) is 0 Å². The molecule has 4 nitrogen and oxygen atoms in total. The molecule has 94 valence electrons. The Kier molecular flexibility index (Phi) is 2.52. The molecule has 1 aromatic carbocycles. The van der Waals surface area contributed by atoms with Crippen molar-refractivity contribution in [2.75, 3.05) is 7.11 Å². The standard InChI is InChI=1S/C14H14O4/c1-8(15)7-11-9-3-5-18-14(9)13(16-2)10-4-6-17-12(10)11/h3-6,8,15H,7H2,1-2H3. The SMILES string of the molecule is COc1c2ccoc2c(CC(C)O)c2ccoc12. The van der Waals surface area contributed by atoms with Crippen LogP contribution in [0.15, 0.2) is 33.5 Å². The summed E-state index contributed by atoms with van der Waals surface area (Å²) in [6.45, 7) is 1.75. The molecular formula is C14H14O4. The maximum Gasteiger partial charge on any atom is 0.176 e. The second-order valence-electron chi connectivity index (χ2n) is 4.39. The third-order valence-electron chi connectivity index (χ3n) is 3.08. The first kappa shape index (κ1) is 11.2. The lowest BCUT2D eigenvalue weighted by Crippen LogP contribution is -2.05. The van der Waals surface area contributed by atoms with Crippen LogP contribution < -0.4 is 4.74 Å². The van der Waals surface area contributed by atoms with Crippen LogP contribution in [0.5, 0.6) is 5.75 Å². The summed E-state index contributed by atoms with van der Waals surface area (Å²) in [7, 11) is 1.61. The zero-order valence-corrected chi connectivity index (χ0v) is 10.3. The smallest absolute Gasteiger partial charge is 0.176 e. The predicted octanol–water partition coefficient (Wildman–Crippen LogP) is 3.11. The van der Waals surface area contributed by atoms with Gasteiger partial charge >= 0.3 is 0 Å². The molecule has 0 radical (unpaired) electrons. The Morgan fingerprint density at radius 2 is 1.83 bits per heavy atom. The molecule has 1 atom stereocenters. The number of rotatable bonds is 3. The molecule has 0 aliphatic heterocycles. The number of furan rings is 2. The lowest BCUT2D eigenvalue weighted by molar-refractivity contribution is 0.196. The summed E-state index contributed by atoms with van der Waals surface area (Å²) >= 11 is 0. The highest BCUT2D eigenvalue weighted by Crippen LogP contribution is 2.39. The Bertz CT molecular complexity index is 639. The molecule has 2 aromatic heterocycles. The Labute approximate surface area is 104 Å². The minimum Gasteiger partial charge on any atom is -0.492 e. The van der Waals surface area contributed by atoms with Gasteiger partial charge in [0.05, 0.1) is 31.1 Å². The van der Waals surface area contributed by atoms with Gasteiger partial charge in [0.25, 0.3) is 0 Å².